The van der Waals surface area contributed by atoms with Crippen molar-refractivity contribution in [3.8, 4) is 6.07 Å². The van der Waals surface area contributed by atoms with E-state index in [0.29, 0.717) is 15.6 Å². The second-order valence-corrected chi connectivity index (χ2v) is 2.80. The molecule has 0 spiro atoms. The van der Waals surface area contributed by atoms with Gasteiger partial charge in [-0.05, 0) is 22.0 Å². The minimum absolute atomic E-state index is 0.454. The van der Waals surface area contributed by atoms with E-state index in [2.05, 4.69) is 15.9 Å². The zero-order valence-electron chi connectivity index (χ0n) is 5.58. The van der Waals surface area contributed by atoms with E-state index in [1.165, 1.54) is 0 Å². The van der Waals surface area contributed by atoms with Gasteiger partial charge < -0.3 is 5.11 Å². The molecule has 0 aromatic heterocycles. The standard InChI is InChI=1S/C8H5BrNO/c9-8-3-1-2-6(5-11)7(8)4-10/h1-3,5,11H. The van der Waals surface area contributed by atoms with Gasteiger partial charge in [0.1, 0.15) is 12.7 Å². The van der Waals surface area contributed by atoms with E-state index in [0.717, 1.165) is 6.61 Å². The van der Waals surface area contributed by atoms with Crippen molar-refractivity contribution in [3.63, 3.8) is 0 Å². The van der Waals surface area contributed by atoms with Crippen molar-refractivity contribution < 1.29 is 5.11 Å². The first-order valence-corrected chi connectivity index (χ1v) is 3.75. The van der Waals surface area contributed by atoms with Gasteiger partial charge in [0.25, 0.3) is 0 Å². The maximum Gasteiger partial charge on any atom is 0.110 e. The maximum absolute atomic E-state index is 8.68. The molecule has 0 atom stereocenters. The van der Waals surface area contributed by atoms with Crippen molar-refractivity contribution in [2.75, 3.05) is 0 Å². The second kappa shape index (κ2) is 3.51. The van der Waals surface area contributed by atoms with Crippen LogP contribution in [0.3, 0.4) is 0 Å². The predicted molar refractivity (Wildman–Crippen MR) is 44.2 cm³/mol. The first-order valence-electron chi connectivity index (χ1n) is 2.95. The lowest BCUT2D eigenvalue weighted by Gasteiger charge is -1.99. The summed E-state index contributed by atoms with van der Waals surface area (Å²) in [6, 6.07) is 7.16. The van der Waals surface area contributed by atoms with Crippen molar-refractivity contribution in [3.05, 3.63) is 40.4 Å². The molecule has 0 fully saturated rings. The third-order valence-corrected chi connectivity index (χ3v) is 1.96. The Labute approximate surface area is 73.2 Å². The zero-order valence-corrected chi connectivity index (χ0v) is 7.17. The van der Waals surface area contributed by atoms with Crippen LogP contribution in [0.5, 0.6) is 0 Å². The molecule has 3 heteroatoms. The number of hydrogen-bond donors (Lipinski definition) is 1. The molecule has 0 saturated heterocycles. The third-order valence-electron chi connectivity index (χ3n) is 1.30. The Hall–Kier alpha value is -0.850. The molecule has 1 N–H and O–H groups in total. The summed E-state index contributed by atoms with van der Waals surface area (Å²) in [5, 5.41) is 17.3. The highest BCUT2D eigenvalue weighted by Crippen LogP contribution is 2.19. The van der Waals surface area contributed by atoms with Gasteiger partial charge in [0, 0.05) is 10.0 Å². The topological polar surface area (TPSA) is 44.0 Å². The molecule has 0 heterocycles. The van der Waals surface area contributed by atoms with E-state index in [-0.39, 0.29) is 0 Å². The van der Waals surface area contributed by atoms with Crippen LogP contribution in [-0.4, -0.2) is 5.11 Å². The summed E-state index contributed by atoms with van der Waals surface area (Å²) in [6.45, 7) is 0.920. The van der Waals surface area contributed by atoms with Crippen LogP contribution in [0.1, 0.15) is 11.1 Å². The minimum Gasteiger partial charge on any atom is -0.385 e. The van der Waals surface area contributed by atoms with Crippen LogP contribution >= 0.6 is 15.9 Å². The highest BCUT2D eigenvalue weighted by molar-refractivity contribution is 9.10. The van der Waals surface area contributed by atoms with Gasteiger partial charge in [0.2, 0.25) is 0 Å². The number of halogens is 1. The molecule has 11 heavy (non-hydrogen) atoms. The summed E-state index contributed by atoms with van der Waals surface area (Å²) < 4.78 is 0.697. The molecule has 0 bridgehead atoms. The van der Waals surface area contributed by atoms with Crippen molar-refractivity contribution in [1.29, 1.82) is 5.26 Å². The summed E-state index contributed by atoms with van der Waals surface area (Å²) in [5.41, 5.74) is 0.983. The van der Waals surface area contributed by atoms with E-state index in [9.17, 15) is 0 Å². The van der Waals surface area contributed by atoms with Crippen molar-refractivity contribution >= 4 is 15.9 Å². The first kappa shape index (κ1) is 8.25. The number of nitriles is 1. The van der Waals surface area contributed by atoms with Gasteiger partial charge >= 0.3 is 0 Å². The molecule has 0 saturated carbocycles. The molecule has 1 aromatic rings. The van der Waals surface area contributed by atoms with Crippen LogP contribution in [0.4, 0.5) is 0 Å². The fourth-order valence-corrected chi connectivity index (χ4v) is 1.24. The van der Waals surface area contributed by atoms with E-state index in [1.807, 2.05) is 6.07 Å². The average molecular weight is 211 g/mol. The largest absolute Gasteiger partial charge is 0.385 e. The molecule has 55 valence electrons. The third kappa shape index (κ3) is 1.59. The normalized spacial score (nSPS) is 9.18. The summed E-state index contributed by atoms with van der Waals surface area (Å²) in [5.74, 6) is 0. The van der Waals surface area contributed by atoms with Gasteiger partial charge in [-0.2, -0.15) is 5.26 Å². The molecule has 0 amide bonds. The van der Waals surface area contributed by atoms with E-state index < -0.39 is 0 Å². The van der Waals surface area contributed by atoms with Crippen molar-refractivity contribution in [1.82, 2.24) is 0 Å². The van der Waals surface area contributed by atoms with Gasteiger partial charge in [-0.1, -0.05) is 12.1 Å². The Kier molecular flexibility index (Phi) is 2.64. The van der Waals surface area contributed by atoms with Gasteiger partial charge in [-0.25, -0.2) is 0 Å². The number of rotatable bonds is 1. The summed E-state index contributed by atoms with van der Waals surface area (Å²) in [4.78, 5) is 0. The van der Waals surface area contributed by atoms with Gasteiger partial charge in [0.05, 0.1) is 5.56 Å². The highest BCUT2D eigenvalue weighted by Gasteiger charge is 2.03. The van der Waals surface area contributed by atoms with Crippen LogP contribution < -0.4 is 0 Å². The van der Waals surface area contributed by atoms with Crippen LogP contribution in [-0.2, 0) is 0 Å². The fraction of sp³-hybridized carbons (Fsp3) is 0. The molecule has 0 aliphatic carbocycles. The Bertz CT molecular complexity index is 303. The van der Waals surface area contributed by atoms with E-state index in [1.54, 1.807) is 18.2 Å². The number of nitrogens with zero attached hydrogens (tertiary/aromatic N) is 1. The second-order valence-electron chi connectivity index (χ2n) is 1.94. The molecule has 0 aliphatic rings. The quantitative estimate of drug-likeness (QED) is 0.773. The Morgan fingerprint density at radius 3 is 2.73 bits per heavy atom. The number of benzene rings is 1. The lowest BCUT2D eigenvalue weighted by atomic mass is 10.1. The number of aliphatic hydroxyl groups excluding tert-OH is 1. The van der Waals surface area contributed by atoms with Crippen LogP contribution in [0.25, 0.3) is 0 Å². The Morgan fingerprint density at radius 1 is 1.55 bits per heavy atom. The number of aliphatic hydroxyl groups is 1. The highest BCUT2D eigenvalue weighted by atomic mass is 79.9. The molecule has 1 aromatic carbocycles. The zero-order chi connectivity index (χ0) is 8.27. The maximum atomic E-state index is 8.68. The molecule has 0 unspecified atom stereocenters. The molecular formula is C8H5BrNO. The SMILES string of the molecule is N#Cc1c(Br)cccc1[CH]O. The predicted octanol–water partition coefficient (Wildman–Crippen LogP) is 2.20. The average Bonchev–Trinajstić information content (AvgIpc) is 2.04. The summed E-state index contributed by atoms with van der Waals surface area (Å²) in [6.07, 6.45) is 0. The Morgan fingerprint density at radius 2 is 2.27 bits per heavy atom. The molecule has 1 rings (SSSR count). The molecule has 0 aliphatic heterocycles. The van der Waals surface area contributed by atoms with Gasteiger partial charge in [0.15, 0.2) is 0 Å². The first-order chi connectivity index (χ1) is 5.29. The van der Waals surface area contributed by atoms with Crippen LogP contribution in [0.15, 0.2) is 22.7 Å². The van der Waals surface area contributed by atoms with Gasteiger partial charge in [-0.15, -0.1) is 0 Å². The van der Waals surface area contributed by atoms with Gasteiger partial charge in [-0.3, -0.25) is 0 Å². The lowest BCUT2D eigenvalue weighted by Crippen LogP contribution is -1.87. The lowest BCUT2D eigenvalue weighted by molar-refractivity contribution is 0.414. The summed E-state index contributed by atoms with van der Waals surface area (Å²) in [7, 11) is 0. The molecule has 1 radical (unpaired) electrons. The minimum atomic E-state index is 0.454. The van der Waals surface area contributed by atoms with Crippen molar-refractivity contribution in [2.24, 2.45) is 0 Å². The Balaban J connectivity index is 3.27. The monoisotopic (exact) mass is 210 g/mol. The van der Waals surface area contributed by atoms with Crippen molar-refractivity contribution in [2.45, 2.75) is 0 Å². The smallest absolute Gasteiger partial charge is 0.110 e. The van der Waals surface area contributed by atoms with Crippen LogP contribution in [0, 0.1) is 17.9 Å². The summed E-state index contributed by atoms with van der Waals surface area (Å²) >= 11 is 3.19. The van der Waals surface area contributed by atoms with E-state index in [4.69, 9.17) is 10.4 Å². The van der Waals surface area contributed by atoms with E-state index >= 15 is 0 Å². The number of hydrogen-bond acceptors (Lipinski definition) is 2. The molecular weight excluding hydrogens is 206 g/mol. The van der Waals surface area contributed by atoms with Crippen LogP contribution in [0.2, 0.25) is 0 Å². The molecule has 2 nitrogen and oxygen atoms in total. The fourth-order valence-electron chi connectivity index (χ4n) is 0.766.